The second kappa shape index (κ2) is 8.47. The molecule has 0 aromatic rings. The summed E-state index contributed by atoms with van der Waals surface area (Å²) in [5.41, 5.74) is 7.46. The zero-order valence-electron chi connectivity index (χ0n) is 16.1. The van der Waals surface area contributed by atoms with E-state index in [0.29, 0.717) is 12.2 Å². The second-order valence-electron chi connectivity index (χ2n) is 6.60. The lowest BCUT2D eigenvalue weighted by molar-refractivity contribution is -0.125. The van der Waals surface area contributed by atoms with Crippen LogP contribution < -0.4 is 10.9 Å². The van der Waals surface area contributed by atoms with E-state index in [0.717, 1.165) is 11.1 Å². The Kier molecular flexibility index (Phi) is 6.79. The van der Waals surface area contributed by atoms with E-state index in [1.165, 1.54) is 7.11 Å². The molecule has 2 rings (SSSR count). The monoisotopic (exact) mass is 384 g/mol. The van der Waals surface area contributed by atoms with Crippen molar-refractivity contribution in [1.29, 1.82) is 0 Å². The lowest BCUT2D eigenvalue weighted by Gasteiger charge is -2.39. The van der Waals surface area contributed by atoms with Crippen LogP contribution in [0.15, 0.2) is 35.1 Å². The lowest BCUT2D eigenvalue weighted by atomic mass is 9.88. The van der Waals surface area contributed by atoms with Crippen LogP contribution in [0.3, 0.4) is 0 Å². The molecule has 0 bridgehead atoms. The molecule has 1 aliphatic heterocycles. The fourth-order valence-corrected chi connectivity index (χ4v) is 4.40. The highest BCUT2D eigenvalue weighted by Crippen LogP contribution is 2.37. The number of rotatable bonds is 6. The normalized spacial score (nSPS) is 33.8. The molecule has 0 aromatic carbocycles. The first kappa shape index (κ1) is 20.8. The van der Waals surface area contributed by atoms with E-state index in [2.05, 4.69) is 10.9 Å². The molecule has 0 aromatic heterocycles. The molecule has 8 heteroatoms. The molecule has 26 heavy (non-hydrogen) atoms. The zero-order valence-corrected chi connectivity index (χ0v) is 16.9. The third-order valence-corrected chi connectivity index (χ3v) is 6.31. The summed E-state index contributed by atoms with van der Waals surface area (Å²) in [6.45, 7) is 3.98. The number of hydrogen-bond donors (Lipinski definition) is 2. The second-order valence-corrected chi connectivity index (χ2v) is 8.14. The minimum Gasteiger partial charge on any atom is -0.497 e. The molecule has 5 atom stereocenters. The number of hydrazine groups is 1. The molecule has 0 saturated carbocycles. The van der Waals surface area contributed by atoms with Crippen LogP contribution >= 0.6 is 0 Å². The number of carbonyl (C=O) groups is 1. The van der Waals surface area contributed by atoms with Crippen LogP contribution in [0.1, 0.15) is 20.3 Å². The van der Waals surface area contributed by atoms with Crippen molar-refractivity contribution < 1.29 is 23.2 Å². The van der Waals surface area contributed by atoms with Crippen molar-refractivity contribution >= 4 is 16.7 Å². The van der Waals surface area contributed by atoms with Gasteiger partial charge >= 0.3 is 0 Å². The van der Waals surface area contributed by atoms with Gasteiger partial charge in [0.05, 0.1) is 17.9 Å². The topological polar surface area (TPSA) is 85.9 Å². The fraction of sp³-hybridized carbons (Fsp3) is 0.611. The Morgan fingerprint density at radius 1 is 1.38 bits per heavy atom. The Hall–Kier alpha value is -1.48. The predicted octanol–water partition coefficient (Wildman–Crippen LogP) is 1.17. The Morgan fingerprint density at radius 3 is 2.58 bits per heavy atom. The number of carbonyl (C=O) groups excluding carboxylic acids is 1. The SMILES string of the molecule is COC1=CC(OC)(S(C)=O)C(OC)C(/C(C)=C/C2NNC(=O)CC2C)=C1. The average Bonchev–Trinajstić information content (AvgIpc) is 2.62. The van der Waals surface area contributed by atoms with Crippen molar-refractivity contribution in [3.8, 4) is 0 Å². The first-order chi connectivity index (χ1) is 12.3. The van der Waals surface area contributed by atoms with Gasteiger partial charge in [-0.15, -0.1) is 0 Å². The standard InChI is InChI=1S/C18H28N2O5S/c1-11(7-15-12(2)8-16(21)20-19-15)14-9-13(23-3)10-18(25-5,26(6)22)17(14)24-4/h7,9-10,12,15,17,19H,8H2,1-6H3,(H,20,21)/b11-7+. The lowest BCUT2D eigenvalue weighted by Crippen LogP contribution is -2.53. The summed E-state index contributed by atoms with van der Waals surface area (Å²) in [7, 11) is 3.28. The van der Waals surface area contributed by atoms with Gasteiger partial charge in [0.2, 0.25) is 5.91 Å². The Bertz CT molecular complexity index is 672. The first-order valence-electron chi connectivity index (χ1n) is 8.42. The zero-order chi connectivity index (χ0) is 19.5. The van der Waals surface area contributed by atoms with E-state index in [1.54, 1.807) is 26.6 Å². The van der Waals surface area contributed by atoms with Crippen molar-refractivity contribution in [2.24, 2.45) is 5.92 Å². The van der Waals surface area contributed by atoms with Gasteiger partial charge in [0, 0.05) is 39.0 Å². The molecular formula is C18H28N2O5S. The third kappa shape index (κ3) is 3.93. The van der Waals surface area contributed by atoms with Crippen molar-refractivity contribution in [2.45, 2.75) is 37.3 Å². The maximum atomic E-state index is 12.5. The highest BCUT2D eigenvalue weighted by molar-refractivity contribution is 7.85. The molecule has 1 aliphatic carbocycles. The fourth-order valence-electron chi connectivity index (χ4n) is 3.36. The van der Waals surface area contributed by atoms with Gasteiger partial charge in [-0.1, -0.05) is 13.0 Å². The van der Waals surface area contributed by atoms with Gasteiger partial charge in [-0.3, -0.25) is 14.4 Å². The van der Waals surface area contributed by atoms with E-state index in [-0.39, 0.29) is 17.9 Å². The molecule has 0 spiro atoms. The Labute approximate surface area is 157 Å². The van der Waals surface area contributed by atoms with Crippen molar-refractivity contribution in [3.63, 3.8) is 0 Å². The van der Waals surface area contributed by atoms with Crippen molar-refractivity contribution in [3.05, 3.63) is 35.1 Å². The molecule has 2 N–H and O–H groups in total. The third-order valence-electron chi connectivity index (χ3n) is 4.91. The maximum absolute atomic E-state index is 12.5. The van der Waals surface area contributed by atoms with Crippen LogP contribution in [0.4, 0.5) is 0 Å². The number of allylic oxidation sites excluding steroid dienone is 1. The molecular weight excluding hydrogens is 356 g/mol. The summed E-state index contributed by atoms with van der Waals surface area (Å²) < 4.78 is 29.3. The first-order valence-corrected chi connectivity index (χ1v) is 9.98. The van der Waals surface area contributed by atoms with E-state index in [4.69, 9.17) is 14.2 Å². The van der Waals surface area contributed by atoms with Gasteiger partial charge in [0.25, 0.3) is 0 Å². The summed E-state index contributed by atoms with van der Waals surface area (Å²) in [5.74, 6) is 0.695. The van der Waals surface area contributed by atoms with Gasteiger partial charge in [0.15, 0.2) is 4.93 Å². The number of methoxy groups -OCH3 is 3. The largest absolute Gasteiger partial charge is 0.497 e. The van der Waals surface area contributed by atoms with E-state index >= 15 is 0 Å². The number of ether oxygens (including phenoxy) is 3. The minimum absolute atomic E-state index is 0.0177. The van der Waals surface area contributed by atoms with Crippen LogP contribution in [0.5, 0.6) is 0 Å². The maximum Gasteiger partial charge on any atom is 0.234 e. The molecule has 0 radical (unpaired) electrons. The van der Waals surface area contributed by atoms with Crippen molar-refractivity contribution in [1.82, 2.24) is 10.9 Å². The highest BCUT2D eigenvalue weighted by atomic mass is 32.2. The molecule has 5 unspecified atom stereocenters. The van der Waals surface area contributed by atoms with Crippen molar-refractivity contribution in [2.75, 3.05) is 27.6 Å². The molecule has 1 heterocycles. The molecule has 1 fully saturated rings. The van der Waals surface area contributed by atoms with Crippen LogP contribution in [0, 0.1) is 5.92 Å². The number of nitrogens with one attached hydrogen (secondary N) is 2. The van der Waals surface area contributed by atoms with Crippen LogP contribution in [0.25, 0.3) is 0 Å². The molecule has 146 valence electrons. The van der Waals surface area contributed by atoms with Crippen LogP contribution in [-0.4, -0.2) is 54.8 Å². The molecule has 7 nitrogen and oxygen atoms in total. The van der Waals surface area contributed by atoms with Gasteiger partial charge in [-0.2, -0.15) is 0 Å². The van der Waals surface area contributed by atoms with E-state index in [9.17, 15) is 9.00 Å². The number of hydrogen-bond acceptors (Lipinski definition) is 6. The summed E-state index contributed by atoms with van der Waals surface area (Å²) in [4.78, 5) is 10.3. The van der Waals surface area contributed by atoms with E-state index < -0.39 is 21.8 Å². The Morgan fingerprint density at radius 2 is 2.08 bits per heavy atom. The quantitative estimate of drug-likeness (QED) is 0.715. The van der Waals surface area contributed by atoms with Gasteiger partial charge < -0.3 is 14.2 Å². The summed E-state index contributed by atoms with van der Waals surface area (Å²) in [6.07, 6.45) is 7.10. The summed E-state index contributed by atoms with van der Waals surface area (Å²) >= 11 is 0. The summed E-state index contributed by atoms with van der Waals surface area (Å²) in [6, 6.07) is -0.0212. The van der Waals surface area contributed by atoms with Crippen LogP contribution in [-0.2, 0) is 29.8 Å². The van der Waals surface area contributed by atoms with Gasteiger partial charge in [-0.25, -0.2) is 5.43 Å². The van der Waals surface area contributed by atoms with E-state index in [1.807, 2.05) is 26.0 Å². The Balaban J connectivity index is 2.43. The van der Waals surface area contributed by atoms with Gasteiger partial charge in [-0.05, 0) is 30.1 Å². The number of amides is 1. The predicted molar refractivity (Wildman–Crippen MR) is 100 cm³/mol. The van der Waals surface area contributed by atoms with Gasteiger partial charge in [0.1, 0.15) is 11.9 Å². The highest BCUT2D eigenvalue weighted by Gasteiger charge is 2.47. The molecule has 1 saturated heterocycles. The summed E-state index contributed by atoms with van der Waals surface area (Å²) in [5, 5.41) is 0. The van der Waals surface area contributed by atoms with Crippen LogP contribution in [0.2, 0.25) is 0 Å². The average molecular weight is 384 g/mol. The molecule has 2 aliphatic rings. The smallest absolute Gasteiger partial charge is 0.234 e. The molecule has 1 amide bonds. The minimum atomic E-state index is -1.36.